The van der Waals surface area contributed by atoms with Gasteiger partial charge in [-0.2, -0.15) is 15.0 Å². The van der Waals surface area contributed by atoms with Gasteiger partial charge in [0.1, 0.15) is 0 Å². The second kappa shape index (κ2) is 4.05. The molecule has 1 saturated heterocycles. The topological polar surface area (TPSA) is 67.9 Å². The number of hydrogen-bond acceptors (Lipinski definition) is 5. The van der Waals surface area contributed by atoms with E-state index in [2.05, 4.69) is 33.7 Å². The lowest BCUT2D eigenvalue weighted by Crippen LogP contribution is -2.38. The smallest absolute Gasteiger partial charge is 0.231 e. The van der Waals surface area contributed by atoms with Crippen LogP contribution in [0.5, 0.6) is 0 Å². The Balaban J connectivity index is 2.14. The molecule has 0 aromatic carbocycles. The van der Waals surface area contributed by atoms with E-state index in [9.17, 15) is 0 Å². The molecule has 2 rings (SSSR count). The van der Waals surface area contributed by atoms with Gasteiger partial charge in [-0.3, -0.25) is 0 Å². The lowest BCUT2D eigenvalue weighted by molar-refractivity contribution is 0.278. The third kappa shape index (κ3) is 2.52. The summed E-state index contributed by atoms with van der Waals surface area (Å²) in [5.74, 6) is 0.771. The molecule has 1 aliphatic rings. The highest BCUT2D eigenvalue weighted by Gasteiger charge is 2.26. The molecule has 0 radical (unpaired) electrons. The fraction of sp³-hybridized carbons (Fsp3) is 0.700. The highest BCUT2D eigenvalue weighted by atomic mass is 35.5. The Kier molecular flexibility index (Phi) is 2.88. The van der Waals surface area contributed by atoms with Gasteiger partial charge in [0.15, 0.2) is 0 Å². The Hall–Kier alpha value is -1.10. The lowest BCUT2D eigenvalue weighted by atomic mass is 9.83. The summed E-state index contributed by atoms with van der Waals surface area (Å²) in [6.45, 7) is 6.43. The van der Waals surface area contributed by atoms with Gasteiger partial charge in [0, 0.05) is 13.1 Å². The number of nitrogen functional groups attached to an aromatic ring is 1. The molecule has 0 amide bonds. The summed E-state index contributed by atoms with van der Waals surface area (Å²) in [6, 6.07) is 0. The van der Waals surface area contributed by atoms with Crippen LogP contribution in [0.4, 0.5) is 11.9 Å². The van der Waals surface area contributed by atoms with Gasteiger partial charge in [-0.15, -0.1) is 0 Å². The van der Waals surface area contributed by atoms with Crippen LogP contribution in [0.3, 0.4) is 0 Å². The first-order valence-corrected chi connectivity index (χ1v) is 5.76. The van der Waals surface area contributed by atoms with E-state index in [-0.39, 0.29) is 11.2 Å². The molecule has 2 N–H and O–H groups in total. The summed E-state index contributed by atoms with van der Waals surface area (Å²) in [6.07, 6.45) is 2.24. The Morgan fingerprint density at radius 2 is 1.81 bits per heavy atom. The number of nitrogens with two attached hydrogens (primary N) is 1. The number of aromatic nitrogens is 3. The van der Waals surface area contributed by atoms with Crippen LogP contribution in [0.1, 0.15) is 26.7 Å². The minimum absolute atomic E-state index is 0.160. The van der Waals surface area contributed by atoms with Crippen molar-refractivity contribution in [2.24, 2.45) is 5.41 Å². The minimum atomic E-state index is 0.160. The van der Waals surface area contributed by atoms with Gasteiger partial charge >= 0.3 is 0 Å². The van der Waals surface area contributed by atoms with E-state index in [1.54, 1.807) is 0 Å². The maximum atomic E-state index is 5.76. The van der Waals surface area contributed by atoms with Crippen LogP contribution in [-0.4, -0.2) is 28.0 Å². The van der Waals surface area contributed by atoms with Crippen molar-refractivity contribution in [3.8, 4) is 0 Å². The molecule has 1 aliphatic heterocycles. The van der Waals surface area contributed by atoms with E-state index >= 15 is 0 Å². The first-order chi connectivity index (χ1) is 7.46. The number of rotatable bonds is 1. The molecular formula is C10H16ClN5. The van der Waals surface area contributed by atoms with Gasteiger partial charge < -0.3 is 10.6 Å². The molecule has 0 saturated carbocycles. The van der Waals surface area contributed by atoms with E-state index in [1.807, 2.05) is 0 Å². The standard InChI is InChI=1S/C10H16ClN5/c1-10(2)3-5-16(6-4-10)9-14-7(11)13-8(12)15-9/h3-6H2,1-2H3,(H2,12,13,14,15). The van der Waals surface area contributed by atoms with Crippen LogP contribution >= 0.6 is 11.6 Å². The molecule has 0 unspecified atom stereocenters. The van der Waals surface area contributed by atoms with E-state index in [0.717, 1.165) is 25.9 Å². The molecular weight excluding hydrogens is 226 g/mol. The molecule has 0 bridgehead atoms. The third-order valence-electron chi connectivity index (χ3n) is 3.01. The predicted molar refractivity (Wildman–Crippen MR) is 64.5 cm³/mol. The quantitative estimate of drug-likeness (QED) is 0.811. The van der Waals surface area contributed by atoms with Gasteiger partial charge in [-0.1, -0.05) is 13.8 Å². The van der Waals surface area contributed by atoms with Crippen molar-refractivity contribution in [3.05, 3.63) is 5.28 Å². The summed E-state index contributed by atoms with van der Waals surface area (Å²) in [7, 11) is 0. The molecule has 0 atom stereocenters. The summed E-state index contributed by atoms with van der Waals surface area (Å²) < 4.78 is 0. The molecule has 5 nitrogen and oxygen atoms in total. The molecule has 16 heavy (non-hydrogen) atoms. The zero-order chi connectivity index (χ0) is 11.8. The number of piperidine rings is 1. The normalized spacial score (nSPS) is 19.8. The number of halogens is 1. The van der Waals surface area contributed by atoms with Crippen LogP contribution in [0.25, 0.3) is 0 Å². The van der Waals surface area contributed by atoms with Crippen molar-refractivity contribution in [3.63, 3.8) is 0 Å². The van der Waals surface area contributed by atoms with Crippen molar-refractivity contribution in [1.82, 2.24) is 15.0 Å². The molecule has 1 aromatic heterocycles. The summed E-state index contributed by atoms with van der Waals surface area (Å²) in [5, 5.41) is 0.160. The first-order valence-electron chi connectivity index (χ1n) is 5.38. The van der Waals surface area contributed by atoms with Gasteiger partial charge in [-0.25, -0.2) is 0 Å². The number of anilines is 2. The van der Waals surface area contributed by atoms with Crippen LogP contribution in [0.2, 0.25) is 5.28 Å². The Labute approximate surface area is 100 Å². The van der Waals surface area contributed by atoms with Gasteiger partial charge in [0.2, 0.25) is 17.2 Å². The largest absolute Gasteiger partial charge is 0.368 e. The lowest BCUT2D eigenvalue weighted by Gasteiger charge is -2.36. The molecule has 88 valence electrons. The van der Waals surface area contributed by atoms with Gasteiger partial charge in [0.05, 0.1) is 0 Å². The van der Waals surface area contributed by atoms with Crippen LogP contribution < -0.4 is 10.6 Å². The van der Waals surface area contributed by atoms with E-state index in [4.69, 9.17) is 17.3 Å². The average molecular weight is 242 g/mol. The Morgan fingerprint density at radius 3 is 2.38 bits per heavy atom. The SMILES string of the molecule is CC1(C)CCN(c2nc(N)nc(Cl)n2)CC1. The Morgan fingerprint density at radius 1 is 1.19 bits per heavy atom. The first kappa shape index (κ1) is 11.4. The second-order valence-corrected chi connectivity index (χ2v) is 5.25. The average Bonchev–Trinajstić information content (AvgIpc) is 2.15. The van der Waals surface area contributed by atoms with Gasteiger partial charge in [0.25, 0.3) is 0 Å². The van der Waals surface area contributed by atoms with E-state index in [0.29, 0.717) is 11.4 Å². The molecule has 1 fully saturated rings. The van der Waals surface area contributed by atoms with Crippen LogP contribution in [0, 0.1) is 5.41 Å². The predicted octanol–water partition coefficient (Wildman–Crippen LogP) is 1.73. The molecule has 1 aromatic rings. The fourth-order valence-corrected chi connectivity index (χ4v) is 1.97. The maximum Gasteiger partial charge on any atom is 0.231 e. The summed E-state index contributed by atoms with van der Waals surface area (Å²) >= 11 is 5.76. The van der Waals surface area contributed by atoms with Crippen LogP contribution in [-0.2, 0) is 0 Å². The minimum Gasteiger partial charge on any atom is -0.368 e. The zero-order valence-electron chi connectivity index (χ0n) is 9.57. The number of hydrogen-bond donors (Lipinski definition) is 1. The van der Waals surface area contributed by atoms with Crippen molar-refractivity contribution in [2.75, 3.05) is 23.7 Å². The number of nitrogens with zero attached hydrogens (tertiary/aromatic N) is 4. The molecule has 0 aliphatic carbocycles. The third-order valence-corrected chi connectivity index (χ3v) is 3.18. The van der Waals surface area contributed by atoms with Crippen LogP contribution in [0.15, 0.2) is 0 Å². The van der Waals surface area contributed by atoms with E-state index < -0.39 is 0 Å². The van der Waals surface area contributed by atoms with Crippen molar-refractivity contribution in [2.45, 2.75) is 26.7 Å². The van der Waals surface area contributed by atoms with Gasteiger partial charge in [-0.05, 0) is 29.9 Å². The highest BCUT2D eigenvalue weighted by molar-refractivity contribution is 6.28. The second-order valence-electron chi connectivity index (χ2n) is 4.91. The van der Waals surface area contributed by atoms with E-state index in [1.165, 1.54) is 0 Å². The monoisotopic (exact) mass is 241 g/mol. The zero-order valence-corrected chi connectivity index (χ0v) is 10.3. The van der Waals surface area contributed by atoms with Crippen molar-refractivity contribution in [1.29, 1.82) is 0 Å². The molecule has 2 heterocycles. The highest BCUT2D eigenvalue weighted by Crippen LogP contribution is 2.31. The van der Waals surface area contributed by atoms with Crippen molar-refractivity contribution >= 4 is 23.5 Å². The van der Waals surface area contributed by atoms with Crippen molar-refractivity contribution < 1.29 is 0 Å². The fourth-order valence-electron chi connectivity index (χ4n) is 1.81. The molecule has 0 spiro atoms. The maximum absolute atomic E-state index is 5.76. The summed E-state index contributed by atoms with van der Waals surface area (Å²) in [5.41, 5.74) is 5.95. The molecule has 6 heteroatoms. The Bertz CT molecular complexity index is 363. The summed E-state index contributed by atoms with van der Waals surface area (Å²) in [4.78, 5) is 14.1.